The van der Waals surface area contributed by atoms with E-state index < -0.39 is 5.60 Å². The van der Waals surface area contributed by atoms with Crippen LogP contribution in [-0.4, -0.2) is 43.1 Å². The van der Waals surface area contributed by atoms with Gasteiger partial charge in [-0.15, -0.1) is 0 Å². The molecule has 0 aliphatic rings. The number of esters is 1. The van der Waals surface area contributed by atoms with E-state index in [1.54, 1.807) is 7.05 Å². The molecule has 0 spiro atoms. The highest BCUT2D eigenvalue weighted by Gasteiger charge is 2.17. The average molecular weight is 370 g/mol. The summed E-state index contributed by atoms with van der Waals surface area (Å²) in [5, 5.41) is 3.02. The van der Waals surface area contributed by atoms with Crippen molar-refractivity contribution in [2.75, 3.05) is 20.6 Å². The third-order valence-electron chi connectivity index (χ3n) is 2.72. The summed E-state index contributed by atoms with van der Waals surface area (Å²) in [5.41, 5.74) is 0.678. The standard InChI is InChI=1S/C16H24BrN3O2/c1-16(2,3)22-14(21)10-19-15(18-4)20(5)11-12-6-8-13(17)9-7-12/h6-9H,10-11H2,1-5H3,(H,18,19). The lowest BCUT2D eigenvalue weighted by molar-refractivity contribution is -0.153. The number of hydrogen-bond acceptors (Lipinski definition) is 3. The van der Waals surface area contributed by atoms with Gasteiger partial charge >= 0.3 is 5.97 Å². The zero-order chi connectivity index (χ0) is 16.8. The summed E-state index contributed by atoms with van der Waals surface area (Å²) in [4.78, 5) is 17.9. The molecule has 0 fully saturated rings. The molecule has 0 aromatic heterocycles. The van der Waals surface area contributed by atoms with Crippen molar-refractivity contribution in [3.8, 4) is 0 Å². The second kappa shape index (κ2) is 8.17. The van der Waals surface area contributed by atoms with Crippen molar-refractivity contribution < 1.29 is 9.53 Å². The quantitative estimate of drug-likeness (QED) is 0.503. The Hall–Kier alpha value is -1.56. The van der Waals surface area contributed by atoms with Crippen molar-refractivity contribution in [2.45, 2.75) is 32.9 Å². The topological polar surface area (TPSA) is 53.9 Å². The summed E-state index contributed by atoms with van der Waals surface area (Å²) in [6.45, 7) is 6.33. The summed E-state index contributed by atoms with van der Waals surface area (Å²) in [5.74, 6) is 0.347. The normalized spacial score (nSPS) is 12.0. The number of ether oxygens (including phenoxy) is 1. The SMILES string of the molecule is CN=C(NCC(=O)OC(C)(C)C)N(C)Cc1ccc(Br)cc1. The molecule has 1 rings (SSSR count). The molecular formula is C16H24BrN3O2. The van der Waals surface area contributed by atoms with Crippen molar-refractivity contribution in [1.29, 1.82) is 0 Å². The van der Waals surface area contributed by atoms with Crippen LogP contribution in [-0.2, 0) is 16.1 Å². The van der Waals surface area contributed by atoms with E-state index in [9.17, 15) is 4.79 Å². The number of carbonyl (C=O) groups is 1. The van der Waals surface area contributed by atoms with Crippen LogP contribution >= 0.6 is 15.9 Å². The maximum atomic E-state index is 11.7. The van der Waals surface area contributed by atoms with Crippen LogP contribution in [0.4, 0.5) is 0 Å². The van der Waals surface area contributed by atoms with E-state index in [0.717, 1.165) is 10.0 Å². The first-order valence-corrected chi connectivity index (χ1v) is 7.88. The second-order valence-electron chi connectivity index (χ2n) is 5.97. The molecular weight excluding hydrogens is 346 g/mol. The Kier molecular flexibility index (Phi) is 6.87. The third-order valence-corrected chi connectivity index (χ3v) is 3.25. The van der Waals surface area contributed by atoms with E-state index in [1.807, 2.05) is 57.0 Å². The van der Waals surface area contributed by atoms with E-state index in [2.05, 4.69) is 26.2 Å². The number of benzene rings is 1. The molecule has 0 radical (unpaired) electrons. The monoisotopic (exact) mass is 369 g/mol. The smallest absolute Gasteiger partial charge is 0.325 e. The fraction of sp³-hybridized carbons (Fsp3) is 0.500. The number of carbonyl (C=O) groups excluding carboxylic acids is 1. The van der Waals surface area contributed by atoms with Crippen molar-refractivity contribution in [1.82, 2.24) is 10.2 Å². The van der Waals surface area contributed by atoms with Crippen LogP contribution in [0, 0.1) is 0 Å². The zero-order valence-corrected chi connectivity index (χ0v) is 15.4. The van der Waals surface area contributed by atoms with Gasteiger partial charge in [-0.2, -0.15) is 0 Å². The molecule has 0 saturated heterocycles. The molecule has 0 aliphatic heterocycles. The molecule has 0 heterocycles. The van der Waals surface area contributed by atoms with Gasteiger partial charge in [0.2, 0.25) is 0 Å². The van der Waals surface area contributed by atoms with Crippen LogP contribution in [0.5, 0.6) is 0 Å². The summed E-state index contributed by atoms with van der Waals surface area (Å²) in [6, 6.07) is 8.09. The maximum absolute atomic E-state index is 11.7. The molecule has 122 valence electrons. The minimum atomic E-state index is -0.481. The molecule has 22 heavy (non-hydrogen) atoms. The number of guanidine groups is 1. The highest BCUT2D eigenvalue weighted by atomic mass is 79.9. The first-order valence-electron chi connectivity index (χ1n) is 7.09. The molecule has 1 N–H and O–H groups in total. The van der Waals surface area contributed by atoms with Crippen molar-refractivity contribution in [3.05, 3.63) is 34.3 Å². The lowest BCUT2D eigenvalue weighted by atomic mass is 10.2. The predicted octanol–water partition coefficient (Wildman–Crippen LogP) is 2.80. The van der Waals surface area contributed by atoms with Crippen LogP contribution in [0.1, 0.15) is 26.3 Å². The van der Waals surface area contributed by atoms with Crippen LogP contribution < -0.4 is 5.32 Å². The Balaban J connectivity index is 2.53. The van der Waals surface area contributed by atoms with Crippen molar-refractivity contribution in [2.24, 2.45) is 4.99 Å². The van der Waals surface area contributed by atoms with E-state index in [4.69, 9.17) is 4.74 Å². The number of aliphatic imine (C=N–C) groups is 1. The molecule has 0 amide bonds. The van der Waals surface area contributed by atoms with E-state index >= 15 is 0 Å². The maximum Gasteiger partial charge on any atom is 0.325 e. The van der Waals surface area contributed by atoms with Crippen LogP contribution in [0.2, 0.25) is 0 Å². The molecule has 0 unspecified atom stereocenters. The molecule has 1 aromatic rings. The summed E-state index contributed by atoms with van der Waals surface area (Å²) in [7, 11) is 3.61. The summed E-state index contributed by atoms with van der Waals surface area (Å²) >= 11 is 3.42. The minimum absolute atomic E-state index is 0.0919. The first-order chi connectivity index (χ1) is 10.2. The van der Waals surface area contributed by atoms with Gasteiger partial charge in [0.15, 0.2) is 5.96 Å². The minimum Gasteiger partial charge on any atom is -0.459 e. The molecule has 0 aliphatic carbocycles. The van der Waals surface area contributed by atoms with E-state index in [-0.39, 0.29) is 12.5 Å². The zero-order valence-electron chi connectivity index (χ0n) is 13.8. The lowest BCUT2D eigenvalue weighted by Crippen LogP contribution is -2.42. The van der Waals surface area contributed by atoms with Crippen LogP contribution in [0.15, 0.2) is 33.7 Å². The number of hydrogen-bond donors (Lipinski definition) is 1. The Morgan fingerprint density at radius 1 is 1.32 bits per heavy atom. The van der Waals surface area contributed by atoms with Gasteiger partial charge in [-0.25, -0.2) is 0 Å². The molecule has 1 aromatic carbocycles. The highest BCUT2D eigenvalue weighted by Crippen LogP contribution is 2.12. The molecule has 0 atom stereocenters. The fourth-order valence-electron chi connectivity index (χ4n) is 1.85. The first kappa shape index (κ1) is 18.5. The Morgan fingerprint density at radius 3 is 2.41 bits per heavy atom. The van der Waals surface area contributed by atoms with Gasteiger partial charge in [-0.05, 0) is 38.5 Å². The third kappa shape index (κ3) is 6.93. The molecule has 0 saturated carbocycles. The molecule has 0 bridgehead atoms. The number of nitrogens with one attached hydrogen (secondary N) is 1. The second-order valence-corrected chi connectivity index (χ2v) is 6.89. The lowest BCUT2D eigenvalue weighted by Gasteiger charge is -2.23. The fourth-order valence-corrected chi connectivity index (χ4v) is 2.12. The van der Waals surface area contributed by atoms with Crippen molar-refractivity contribution >= 4 is 27.9 Å². The largest absolute Gasteiger partial charge is 0.459 e. The van der Waals surface area contributed by atoms with Crippen molar-refractivity contribution in [3.63, 3.8) is 0 Å². The van der Waals surface area contributed by atoms with Gasteiger partial charge in [0, 0.05) is 25.1 Å². The van der Waals surface area contributed by atoms with Gasteiger partial charge in [0.05, 0.1) is 0 Å². The number of halogens is 1. The van der Waals surface area contributed by atoms with Crippen LogP contribution in [0.3, 0.4) is 0 Å². The molecule has 6 heteroatoms. The van der Waals surface area contributed by atoms with Gasteiger partial charge in [-0.3, -0.25) is 9.79 Å². The Bertz CT molecular complexity index is 521. The van der Waals surface area contributed by atoms with E-state index in [1.165, 1.54) is 0 Å². The number of rotatable bonds is 4. The summed E-state index contributed by atoms with van der Waals surface area (Å²) < 4.78 is 6.31. The van der Waals surface area contributed by atoms with Gasteiger partial charge in [0.25, 0.3) is 0 Å². The van der Waals surface area contributed by atoms with Gasteiger partial charge < -0.3 is 15.0 Å². The Morgan fingerprint density at radius 2 is 1.91 bits per heavy atom. The molecule has 5 nitrogen and oxygen atoms in total. The van der Waals surface area contributed by atoms with Gasteiger partial charge in [-0.1, -0.05) is 28.1 Å². The Labute approximate surface area is 140 Å². The van der Waals surface area contributed by atoms with E-state index in [0.29, 0.717) is 12.5 Å². The van der Waals surface area contributed by atoms with Gasteiger partial charge in [0.1, 0.15) is 12.1 Å². The average Bonchev–Trinajstić information content (AvgIpc) is 2.40. The van der Waals surface area contributed by atoms with Crippen LogP contribution in [0.25, 0.3) is 0 Å². The predicted molar refractivity (Wildman–Crippen MR) is 92.8 cm³/mol. The summed E-state index contributed by atoms with van der Waals surface area (Å²) in [6.07, 6.45) is 0. The number of nitrogens with zero attached hydrogens (tertiary/aromatic N) is 2. The highest BCUT2D eigenvalue weighted by molar-refractivity contribution is 9.10.